The second-order valence-electron chi connectivity index (χ2n) is 7.05. The highest BCUT2D eigenvalue weighted by atomic mass is 32.1. The van der Waals surface area contributed by atoms with Crippen molar-refractivity contribution in [3.05, 3.63) is 34.8 Å². The van der Waals surface area contributed by atoms with Gasteiger partial charge in [-0.3, -0.25) is 9.59 Å². The van der Waals surface area contributed by atoms with E-state index in [2.05, 4.69) is 20.3 Å². The van der Waals surface area contributed by atoms with Crippen molar-refractivity contribution in [1.82, 2.24) is 15.1 Å². The van der Waals surface area contributed by atoms with Crippen molar-refractivity contribution in [3.8, 4) is 5.75 Å². The summed E-state index contributed by atoms with van der Waals surface area (Å²) in [5.74, 6) is -1.03. The molecule has 1 atom stereocenters. The second kappa shape index (κ2) is 9.25. The number of para-hydroxylation sites is 1. The molecule has 0 saturated carbocycles. The number of carbonyl (C=O) groups is 2. The summed E-state index contributed by atoms with van der Waals surface area (Å²) in [6, 6.07) is 5.88. The summed E-state index contributed by atoms with van der Waals surface area (Å²) < 4.78 is 29.7. The molecule has 10 heteroatoms. The Morgan fingerprint density at radius 1 is 1.28 bits per heavy atom. The van der Waals surface area contributed by atoms with E-state index in [1.54, 1.807) is 6.07 Å². The fourth-order valence-electron chi connectivity index (χ4n) is 3.11. The summed E-state index contributed by atoms with van der Waals surface area (Å²) in [5, 5.41) is 12.1. The average Bonchev–Trinajstić information content (AvgIpc) is 3.16. The van der Waals surface area contributed by atoms with Crippen LogP contribution in [0.15, 0.2) is 24.3 Å². The SMILES string of the molecule is CC(C)c1nnc(NC(=O)[C@@H]2CCCN(C(=O)c3ccccc3OC(F)F)C2)s1. The van der Waals surface area contributed by atoms with Gasteiger partial charge in [0.15, 0.2) is 0 Å². The van der Waals surface area contributed by atoms with Gasteiger partial charge in [-0.2, -0.15) is 8.78 Å². The molecule has 1 aromatic heterocycles. The lowest BCUT2D eigenvalue weighted by atomic mass is 9.96. The molecule has 1 fully saturated rings. The molecule has 1 N–H and O–H groups in total. The minimum atomic E-state index is -3.02. The molecule has 0 bridgehead atoms. The summed E-state index contributed by atoms with van der Waals surface area (Å²) >= 11 is 1.32. The molecule has 1 saturated heterocycles. The van der Waals surface area contributed by atoms with Gasteiger partial charge in [0.25, 0.3) is 5.91 Å². The van der Waals surface area contributed by atoms with E-state index in [-0.39, 0.29) is 29.7 Å². The molecule has 1 aliphatic heterocycles. The van der Waals surface area contributed by atoms with Crippen LogP contribution in [-0.4, -0.2) is 46.6 Å². The molecule has 2 heterocycles. The Labute approximate surface area is 171 Å². The van der Waals surface area contributed by atoms with Gasteiger partial charge in [0.2, 0.25) is 11.0 Å². The molecule has 0 radical (unpaired) electrons. The molecule has 0 aliphatic carbocycles. The van der Waals surface area contributed by atoms with E-state index in [4.69, 9.17) is 0 Å². The van der Waals surface area contributed by atoms with E-state index >= 15 is 0 Å². The number of anilines is 1. The monoisotopic (exact) mass is 424 g/mol. The molecule has 1 aromatic carbocycles. The van der Waals surface area contributed by atoms with Crippen molar-refractivity contribution in [1.29, 1.82) is 0 Å². The number of nitrogens with one attached hydrogen (secondary N) is 1. The van der Waals surface area contributed by atoms with Gasteiger partial charge in [-0.25, -0.2) is 0 Å². The van der Waals surface area contributed by atoms with Gasteiger partial charge in [-0.1, -0.05) is 37.3 Å². The van der Waals surface area contributed by atoms with Crippen molar-refractivity contribution < 1.29 is 23.1 Å². The first-order chi connectivity index (χ1) is 13.8. The van der Waals surface area contributed by atoms with Crippen molar-refractivity contribution in [2.75, 3.05) is 18.4 Å². The van der Waals surface area contributed by atoms with Gasteiger partial charge in [0, 0.05) is 19.0 Å². The molecule has 1 aliphatic rings. The molecule has 7 nitrogen and oxygen atoms in total. The van der Waals surface area contributed by atoms with Gasteiger partial charge in [-0.05, 0) is 25.0 Å². The number of likely N-dealkylation sites (tertiary alicyclic amines) is 1. The maximum atomic E-state index is 12.9. The van der Waals surface area contributed by atoms with E-state index in [9.17, 15) is 18.4 Å². The first kappa shape index (κ1) is 21.1. The third-order valence-electron chi connectivity index (χ3n) is 4.58. The molecule has 3 rings (SSSR count). The maximum absolute atomic E-state index is 12.9. The second-order valence-corrected chi connectivity index (χ2v) is 8.06. The number of hydrogen-bond donors (Lipinski definition) is 1. The Hall–Kier alpha value is -2.62. The molecule has 0 unspecified atom stereocenters. The van der Waals surface area contributed by atoms with Gasteiger partial charge in [0.1, 0.15) is 10.8 Å². The highest BCUT2D eigenvalue weighted by molar-refractivity contribution is 7.15. The highest BCUT2D eigenvalue weighted by Crippen LogP contribution is 2.27. The standard InChI is InChI=1S/C19H22F2N4O3S/c1-11(2)16-23-24-19(29-16)22-15(26)12-6-5-9-25(10-12)17(27)13-7-3-4-8-14(13)28-18(20)21/h3-4,7-8,11-12,18H,5-6,9-10H2,1-2H3,(H,22,24,26)/t12-/m1/s1. The zero-order chi connectivity index (χ0) is 21.0. The van der Waals surface area contributed by atoms with E-state index < -0.39 is 18.4 Å². The molecule has 2 aromatic rings. The smallest absolute Gasteiger partial charge is 0.387 e. The lowest BCUT2D eigenvalue weighted by Crippen LogP contribution is -2.43. The molecule has 156 valence electrons. The largest absolute Gasteiger partial charge is 0.434 e. The minimum absolute atomic E-state index is 0.0551. The van der Waals surface area contributed by atoms with Crippen LogP contribution in [0.2, 0.25) is 0 Å². The van der Waals surface area contributed by atoms with Gasteiger partial charge in [0.05, 0.1) is 11.5 Å². The first-order valence-electron chi connectivity index (χ1n) is 9.32. The normalized spacial score (nSPS) is 16.9. The van der Waals surface area contributed by atoms with Crippen molar-refractivity contribution in [2.24, 2.45) is 5.92 Å². The van der Waals surface area contributed by atoms with Gasteiger partial charge < -0.3 is 15.0 Å². The van der Waals surface area contributed by atoms with Crippen LogP contribution in [0.3, 0.4) is 0 Å². The van der Waals surface area contributed by atoms with Gasteiger partial charge in [-0.15, -0.1) is 10.2 Å². The third kappa shape index (κ3) is 5.26. The van der Waals surface area contributed by atoms with Gasteiger partial charge >= 0.3 is 6.61 Å². The van der Waals surface area contributed by atoms with Crippen LogP contribution in [0.5, 0.6) is 5.75 Å². The molecule has 0 spiro atoms. The number of carbonyl (C=O) groups excluding carboxylic acids is 2. The lowest BCUT2D eigenvalue weighted by molar-refractivity contribution is -0.121. The number of nitrogens with zero attached hydrogens (tertiary/aromatic N) is 3. The number of aromatic nitrogens is 2. The Morgan fingerprint density at radius 2 is 2.03 bits per heavy atom. The zero-order valence-corrected chi connectivity index (χ0v) is 16.9. The van der Waals surface area contributed by atoms with Crippen LogP contribution in [0.4, 0.5) is 13.9 Å². The number of benzene rings is 1. The van der Waals surface area contributed by atoms with E-state index in [0.29, 0.717) is 24.5 Å². The van der Waals surface area contributed by atoms with E-state index in [0.717, 1.165) is 5.01 Å². The fourth-order valence-corrected chi connectivity index (χ4v) is 3.86. The van der Waals surface area contributed by atoms with Crippen LogP contribution < -0.4 is 10.1 Å². The van der Waals surface area contributed by atoms with Crippen LogP contribution in [-0.2, 0) is 4.79 Å². The predicted octanol–water partition coefficient (Wildman–Crippen LogP) is 3.75. The summed E-state index contributed by atoms with van der Waals surface area (Å²) in [7, 11) is 0. The minimum Gasteiger partial charge on any atom is -0.434 e. The Morgan fingerprint density at radius 3 is 2.72 bits per heavy atom. The number of alkyl halides is 2. The summed E-state index contributed by atoms with van der Waals surface area (Å²) in [5.41, 5.74) is 0.0551. The number of halogens is 2. The van der Waals surface area contributed by atoms with Crippen molar-refractivity contribution in [3.63, 3.8) is 0 Å². The molecule has 2 amide bonds. The quantitative estimate of drug-likeness (QED) is 0.763. The number of rotatable bonds is 6. The van der Waals surface area contributed by atoms with E-state index in [1.807, 2.05) is 13.8 Å². The van der Waals surface area contributed by atoms with Crippen LogP contribution in [0.1, 0.15) is 48.0 Å². The Bertz CT molecular complexity index is 875. The fraction of sp³-hybridized carbons (Fsp3) is 0.474. The molecular weight excluding hydrogens is 402 g/mol. The van der Waals surface area contributed by atoms with Crippen molar-refractivity contribution in [2.45, 2.75) is 39.2 Å². The zero-order valence-electron chi connectivity index (χ0n) is 16.1. The summed E-state index contributed by atoms with van der Waals surface area (Å²) in [6.07, 6.45) is 1.26. The Balaban J connectivity index is 1.67. The molecular formula is C19H22F2N4O3S. The number of ether oxygens (including phenoxy) is 1. The average molecular weight is 424 g/mol. The highest BCUT2D eigenvalue weighted by Gasteiger charge is 2.31. The predicted molar refractivity (Wildman–Crippen MR) is 104 cm³/mol. The summed E-state index contributed by atoms with van der Waals surface area (Å²) in [4.78, 5) is 27.0. The maximum Gasteiger partial charge on any atom is 0.387 e. The van der Waals surface area contributed by atoms with E-state index in [1.165, 1.54) is 34.4 Å². The van der Waals surface area contributed by atoms with Crippen LogP contribution >= 0.6 is 11.3 Å². The molecule has 29 heavy (non-hydrogen) atoms. The lowest BCUT2D eigenvalue weighted by Gasteiger charge is -2.32. The Kier molecular flexibility index (Phi) is 6.73. The topological polar surface area (TPSA) is 84.4 Å². The van der Waals surface area contributed by atoms with Crippen LogP contribution in [0, 0.1) is 5.92 Å². The number of piperidine rings is 1. The number of hydrogen-bond acceptors (Lipinski definition) is 6. The summed E-state index contributed by atoms with van der Waals surface area (Å²) in [6.45, 7) is 1.61. The number of amides is 2. The van der Waals surface area contributed by atoms with Crippen LogP contribution in [0.25, 0.3) is 0 Å². The van der Waals surface area contributed by atoms with Crippen molar-refractivity contribution >= 4 is 28.3 Å². The third-order valence-corrected chi connectivity index (χ3v) is 5.72. The first-order valence-corrected chi connectivity index (χ1v) is 10.1.